The van der Waals surface area contributed by atoms with Crippen molar-refractivity contribution < 1.29 is 17.7 Å². The van der Waals surface area contributed by atoms with E-state index >= 15 is 0 Å². The summed E-state index contributed by atoms with van der Waals surface area (Å²) in [7, 11) is -3.76. The predicted molar refractivity (Wildman–Crippen MR) is 102 cm³/mol. The SMILES string of the molecule is Cc1ccc(S(=O)(=O)OCC[C@H](C)[C@](C)(/C=C/C#N)CCCCO)cc1. The molecular formula is C20H29NO4S. The number of unbranched alkanes of at least 4 members (excludes halogenated alkanes) is 1. The van der Waals surface area contributed by atoms with Crippen molar-refractivity contribution >= 4 is 10.1 Å². The lowest BCUT2D eigenvalue weighted by Gasteiger charge is -2.33. The molecule has 0 aliphatic rings. The molecule has 2 atom stereocenters. The van der Waals surface area contributed by atoms with Gasteiger partial charge in [0.15, 0.2) is 0 Å². The van der Waals surface area contributed by atoms with Gasteiger partial charge < -0.3 is 5.11 Å². The normalized spacial score (nSPS) is 15.5. The van der Waals surface area contributed by atoms with Crippen molar-refractivity contribution in [1.82, 2.24) is 0 Å². The summed E-state index contributed by atoms with van der Waals surface area (Å²) in [5.74, 6) is 0.124. The molecule has 1 N–H and O–H groups in total. The Morgan fingerprint density at radius 1 is 1.31 bits per heavy atom. The van der Waals surface area contributed by atoms with Crippen LogP contribution in [0.5, 0.6) is 0 Å². The maximum atomic E-state index is 12.3. The highest BCUT2D eigenvalue weighted by Gasteiger charge is 2.28. The van der Waals surface area contributed by atoms with E-state index in [0.29, 0.717) is 12.8 Å². The second-order valence-electron chi connectivity index (χ2n) is 6.93. The second kappa shape index (κ2) is 10.5. The van der Waals surface area contributed by atoms with E-state index in [-0.39, 0.29) is 29.4 Å². The van der Waals surface area contributed by atoms with Crippen LogP contribution in [-0.2, 0) is 14.3 Å². The highest BCUT2D eigenvalue weighted by Crippen LogP contribution is 2.37. The Bertz CT molecular complexity index is 719. The van der Waals surface area contributed by atoms with E-state index in [9.17, 15) is 8.42 Å². The molecule has 0 saturated heterocycles. The van der Waals surface area contributed by atoms with E-state index in [2.05, 4.69) is 6.92 Å². The first-order valence-corrected chi connectivity index (χ1v) is 10.3. The molecule has 0 aliphatic carbocycles. The van der Waals surface area contributed by atoms with Gasteiger partial charge in [-0.15, -0.1) is 0 Å². The molecule has 0 unspecified atom stereocenters. The largest absolute Gasteiger partial charge is 0.396 e. The smallest absolute Gasteiger partial charge is 0.296 e. The Labute approximate surface area is 157 Å². The highest BCUT2D eigenvalue weighted by molar-refractivity contribution is 7.86. The minimum atomic E-state index is -3.76. The molecule has 0 saturated carbocycles. The molecular weight excluding hydrogens is 350 g/mol. The molecule has 1 aromatic carbocycles. The molecule has 0 aliphatic heterocycles. The summed E-state index contributed by atoms with van der Waals surface area (Å²) in [6.07, 6.45) is 6.27. The van der Waals surface area contributed by atoms with Crippen LogP contribution in [0.4, 0.5) is 0 Å². The van der Waals surface area contributed by atoms with Gasteiger partial charge in [0.1, 0.15) is 0 Å². The molecule has 6 heteroatoms. The summed E-state index contributed by atoms with van der Waals surface area (Å²) in [5, 5.41) is 17.8. The Morgan fingerprint density at radius 3 is 2.54 bits per heavy atom. The molecule has 0 bridgehead atoms. The van der Waals surface area contributed by atoms with Gasteiger partial charge in [-0.05, 0) is 49.7 Å². The highest BCUT2D eigenvalue weighted by atomic mass is 32.2. The van der Waals surface area contributed by atoms with E-state index in [4.69, 9.17) is 14.6 Å². The minimum Gasteiger partial charge on any atom is -0.396 e. The number of allylic oxidation sites excluding steroid dienone is 2. The van der Waals surface area contributed by atoms with Crippen molar-refractivity contribution in [2.24, 2.45) is 11.3 Å². The first-order chi connectivity index (χ1) is 12.2. The molecule has 0 radical (unpaired) electrons. The van der Waals surface area contributed by atoms with Crippen LogP contribution < -0.4 is 0 Å². The van der Waals surface area contributed by atoms with Crippen LogP contribution in [0.2, 0.25) is 0 Å². The number of hydrogen-bond acceptors (Lipinski definition) is 5. The molecule has 1 rings (SSSR count). The fourth-order valence-corrected chi connectivity index (χ4v) is 3.70. The number of aliphatic hydroxyl groups is 1. The summed E-state index contributed by atoms with van der Waals surface area (Å²) < 4.78 is 29.7. The quantitative estimate of drug-likeness (QED) is 0.357. The zero-order valence-corrected chi connectivity index (χ0v) is 16.6. The summed E-state index contributed by atoms with van der Waals surface area (Å²) in [6, 6.07) is 8.59. The summed E-state index contributed by atoms with van der Waals surface area (Å²) in [5.41, 5.74) is 0.738. The lowest BCUT2D eigenvalue weighted by atomic mass is 9.73. The molecule has 1 aromatic rings. The van der Waals surface area contributed by atoms with Gasteiger partial charge in [-0.3, -0.25) is 4.18 Å². The van der Waals surface area contributed by atoms with Gasteiger partial charge in [-0.2, -0.15) is 13.7 Å². The third-order valence-electron chi connectivity index (χ3n) is 4.89. The lowest BCUT2D eigenvalue weighted by Crippen LogP contribution is -2.25. The molecule has 5 nitrogen and oxygen atoms in total. The third kappa shape index (κ3) is 6.91. The maximum absolute atomic E-state index is 12.3. The molecule has 0 spiro atoms. The minimum absolute atomic E-state index is 0.0906. The fourth-order valence-electron chi connectivity index (χ4n) is 2.78. The molecule has 0 heterocycles. The van der Waals surface area contributed by atoms with Gasteiger partial charge in [0.25, 0.3) is 10.1 Å². The van der Waals surface area contributed by atoms with Crippen molar-refractivity contribution in [3.05, 3.63) is 42.0 Å². The third-order valence-corrected chi connectivity index (χ3v) is 6.21. The second-order valence-corrected chi connectivity index (χ2v) is 8.54. The van der Waals surface area contributed by atoms with Crippen LogP contribution in [0.25, 0.3) is 0 Å². The van der Waals surface area contributed by atoms with E-state index < -0.39 is 10.1 Å². The fraction of sp³-hybridized carbons (Fsp3) is 0.550. The molecule has 0 fully saturated rings. The maximum Gasteiger partial charge on any atom is 0.296 e. The van der Waals surface area contributed by atoms with Crippen molar-refractivity contribution in [2.75, 3.05) is 13.2 Å². The van der Waals surface area contributed by atoms with Crippen molar-refractivity contribution in [2.45, 2.75) is 51.3 Å². The Kier molecular flexibility index (Phi) is 9.00. The number of aryl methyl sites for hydroxylation is 1. The molecule has 0 aromatic heterocycles. The van der Waals surface area contributed by atoms with Gasteiger partial charge in [0, 0.05) is 12.7 Å². The van der Waals surface area contributed by atoms with Gasteiger partial charge in [0.05, 0.1) is 17.6 Å². The first kappa shape index (κ1) is 22.4. The molecule has 26 heavy (non-hydrogen) atoms. The number of benzene rings is 1. The van der Waals surface area contributed by atoms with Gasteiger partial charge >= 0.3 is 0 Å². The topological polar surface area (TPSA) is 87.4 Å². The summed E-state index contributed by atoms with van der Waals surface area (Å²) in [6.45, 7) is 6.21. The molecule has 0 amide bonds. The number of rotatable bonds is 11. The van der Waals surface area contributed by atoms with Crippen molar-refractivity contribution in [3.8, 4) is 6.07 Å². The monoisotopic (exact) mass is 379 g/mol. The van der Waals surface area contributed by atoms with Gasteiger partial charge in [0.2, 0.25) is 0 Å². The van der Waals surface area contributed by atoms with Gasteiger partial charge in [-0.25, -0.2) is 0 Å². The lowest BCUT2D eigenvalue weighted by molar-refractivity contribution is 0.189. The first-order valence-electron chi connectivity index (χ1n) is 8.89. The van der Waals surface area contributed by atoms with Crippen LogP contribution >= 0.6 is 0 Å². The number of nitriles is 1. The van der Waals surface area contributed by atoms with Crippen LogP contribution in [-0.4, -0.2) is 26.7 Å². The Morgan fingerprint density at radius 2 is 1.96 bits per heavy atom. The Hall–Kier alpha value is -1.68. The average Bonchev–Trinajstić information content (AvgIpc) is 2.60. The Balaban J connectivity index is 2.69. The van der Waals surface area contributed by atoms with Gasteiger partial charge in [-0.1, -0.05) is 44.0 Å². The standard InChI is InChI=1S/C20H29NO4S/c1-17-7-9-19(10-8-17)26(23,24)25-16-11-18(2)20(3,13-6-14-21)12-4-5-15-22/h6-10,13,18,22H,4-5,11-12,15-16H2,1-3H3/b13-6+/t18-,20-/m0/s1. The average molecular weight is 380 g/mol. The van der Waals surface area contributed by atoms with E-state index in [1.165, 1.54) is 6.08 Å². The van der Waals surface area contributed by atoms with E-state index in [0.717, 1.165) is 18.4 Å². The van der Waals surface area contributed by atoms with E-state index in [1.54, 1.807) is 24.3 Å². The van der Waals surface area contributed by atoms with Crippen LogP contribution in [0.15, 0.2) is 41.3 Å². The van der Waals surface area contributed by atoms with Crippen LogP contribution in [0, 0.1) is 29.6 Å². The number of hydrogen-bond donors (Lipinski definition) is 1. The number of nitrogens with zero attached hydrogens (tertiary/aromatic N) is 1. The van der Waals surface area contributed by atoms with E-state index in [1.807, 2.05) is 26.0 Å². The summed E-state index contributed by atoms with van der Waals surface area (Å²) >= 11 is 0. The summed E-state index contributed by atoms with van der Waals surface area (Å²) in [4.78, 5) is 0.158. The number of aliphatic hydroxyl groups excluding tert-OH is 1. The zero-order chi connectivity index (χ0) is 19.6. The van der Waals surface area contributed by atoms with Crippen molar-refractivity contribution in [3.63, 3.8) is 0 Å². The van der Waals surface area contributed by atoms with Crippen LogP contribution in [0.1, 0.15) is 45.1 Å². The predicted octanol–water partition coefficient (Wildman–Crippen LogP) is 3.98. The molecule has 144 valence electrons. The van der Waals surface area contributed by atoms with Crippen molar-refractivity contribution in [1.29, 1.82) is 5.26 Å². The van der Waals surface area contributed by atoms with Crippen LogP contribution in [0.3, 0.4) is 0 Å². The zero-order valence-electron chi connectivity index (χ0n) is 15.8.